The van der Waals surface area contributed by atoms with E-state index in [1.54, 1.807) is 7.11 Å². The molecule has 0 aliphatic carbocycles. The summed E-state index contributed by atoms with van der Waals surface area (Å²) < 4.78 is 10.7. The molecule has 4 heteroatoms. The van der Waals surface area contributed by atoms with Crippen LogP contribution in [-0.2, 0) is 6.42 Å². The van der Waals surface area contributed by atoms with Gasteiger partial charge in [0.2, 0.25) is 0 Å². The zero-order chi connectivity index (χ0) is 11.7. The zero-order valence-corrected chi connectivity index (χ0v) is 10.4. The average molecular weight is 247 g/mol. The van der Waals surface area contributed by atoms with Gasteiger partial charge in [-0.05, 0) is 36.6 Å². The third-order valence-corrected chi connectivity index (χ3v) is 3.66. The molecule has 2 aromatic rings. The van der Waals surface area contributed by atoms with Gasteiger partial charge in [0.15, 0.2) is 0 Å². The summed E-state index contributed by atoms with van der Waals surface area (Å²) in [6.07, 6.45) is 2.18. The van der Waals surface area contributed by atoms with Gasteiger partial charge in [0, 0.05) is 10.9 Å². The van der Waals surface area contributed by atoms with Gasteiger partial charge in [-0.15, -0.1) is 0 Å². The Balaban J connectivity index is 1.97. The lowest BCUT2D eigenvalue weighted by molar-refractivity contribution is 0.288. The van der Waals surface area contributed by atoms with Crippen molar-refractivity contribution in [2.75, 3.05) is 13.7 Å². The summed E-state index contributed by atoms with van der Waals surface area (Å²) in [5, 5.41) is 2.72. The summed E-state index contributed by atoms with van der Waals surface area (Å²) in [5.41, 5.74) is 3.38. The standard InChI is InChI=1S/C13H13NO2S/c1-15-13-14-11(8-17-13)9-4-5-12-10(7-9)3-2-6-16-12/h4-5,7-8H,2-3,6H2,1H3. The largest absolute Gasteiger partial charge is 0.493 e. The number of aromatic nitrogens is 1. The molecule has 0 N–H and O–H groups in total. The summed E-state index contributed by atoms with van der Waals surface area (Å²) in [6, 6.07) is 6.26. The number of nitrogens with zero attached hydrogens (tertiary/aromatic N) is 1. The highest BCUT2D eigenvalue weighted by Crippen LogP contribution is 2.31. The van der Waals surface area contributed by atoms with Crippen LogP contribution in [0.4, 0.5) is 0 Å². The van der Waals surface area contributed by atoms with Crippen LogP contribution in [0.25, 0.3) is 11.3 Å². The van der Waals surface area contributed by atoms with Gasteiger partial charge in [0.25, 0.3) is 5.19 Å². The number of ether oxygens (including phenoxy) is 2. The molecule has 0 fully saturated rings. The second kappa shape index (κ2) is 4.37. The molecule has 0 bridgehead atoms. The summed E-state index contributed by atoms with van der Waals surface area (Å²) >= 11 is 1.52. The normalized spacial score (nSPS) is 13.9. The first-order chi connectivity index (χ1) is 8.36. The molecule has 1 aliphatic heterocycles. The number of methoxy groups -OCH3 is 1. The summed E-state index contributed by atoms with van der Waals surface area (Å²) in [5.74, 6) is 1.02. The first-order valence-corrected chi connectivity index (χ1v) is 6.50. The third-order valence-electron chi connectivity index (χ3n) is 2.86. The highest BCUT2D eigenvalue weighted by molar-refractivity contribution is 7.11. The van der Waals surface area contributed by atoms with Crippen LogP contribution in [0.15, 0.2) is 23.6 Å². The van der Waals surface area contributed by atoms with E-state index in [1.165, 1.54) is 16.9 Å². The van der Waals surface area contributed by atoms with Gasteiger partial charge in [-0.2, -0.15) is 0 Å². The molecule has 0 radical (unpaired) electrons. The van der Waals surface area contributed by atoms with E-state index in [9.17, 15) is 0 Å². The molecule has 0 saturated carbocycles. The van der Waals surface area contributed by atoms with Crippen LogP contribution < -0.4 is 9.47 Å². The predicted octanol–water partition coefficient (Wildman–Crippen LogP) is 3.14. The van der Waals surface area contributed by atoms with Gasteiger partial charge in [-0.25, -0.2) is 4.98 Å². The van der Waals surface area contributed by atoms with E-state index in [4.69, 9.17) is 9.47 Å². The van der Waals surface area contributed by atoms with Crippen molar-refractivity contribution in [3.63, 3.8) is 0 Å². The van der Waals surface area contributed by atoms with Gasteiger partial charge in [-0.3, -0.25) is 0 Å². The molecule has 0 spiro atoms. The molecular weight excluding hydrogens is 234 g/mol. The molecular formula is C13H13NO2S. The van der Waals surface area contributed by atoms with E-state index in [-0.39, 0.29) is 0 Å². The second-order valence-electron chi connectivity index (χ2n) is 3.98. The van der Waals surface area contributed by atoms with Gasteiger partial charge in [-0.1, -0.05) is 11.3 Å². The average Bonchev–Trinajstić information content (AvgIpc) is 2.87. The number of rotatable bonds is 2. The molecule has 3 rings (SSSR count). The molecule has 3 nitrogen and oxygen atoms in total. The fourth-order valence-electron chi connectivity index (χ4n) is 2.00. The lowest BCUT2D eigenvalue weighted by Crippen LogP contribution is -2.08. The summed E-state index contributed by atoms with van der Waals surface area (Å²) in [4.78, 5) is 4.40. The number of aryl methyl sites for hydroxylation is 1. The van der Waals surface area contributed by atoms with E-state index in [0.717, 1.165) is 36.5 Å². The Morgan fingerprint density at radius 1 is 1.41 bits per heavy atom. The van der Waals surface area contributed by atoms with Crippen molar-refractivity contribution in [2.45, 2.75) is 12.8 Å². The fraction of sp³-hybridized carbons (Fsp3) is 0.308. The molecule has 2 heterocycles. The maximum absolute atomic E-state index is 5.60. The maximum atomic E-state index is 5.60. The molecule has 17 heavy (non-hydrogen) atoms. The lowest BCUT2D eigenvalue weighted by atomic mass is 10.0. The molecule has 1 aliphatic rings. The number of fused-ring (bicyclic) bond motifs is 1. The van der Waals surface area contributed by atoms with Crippen LogP contribution in [-0.4, -0.2) is 18.7 Å². The van der Waals surface area contributed by atoms with Crippen LogP contribution in [0.2, 0.25) is 0 Å². The van der Waals surface area contributed by atoms with E-state index in [1.807, 2.05) is 11.4 Å². The van der Waals surface area contributed by atoms with E-state index in [2.05, 4.69) is 17.1 Å². The molecule has 0 unspecified atom stereocenters. The van der Waals surface area contributed by atoms with E-state index < -0.39 is 0 Å². The monoisotopic (exact) mass is 247 g/mol. The second-order valence-corrected chi connectivity index (χ2v) is 4.80. The minimum absolute atomic E-state index is 0.703. The highest BCUT2D eigenvalue weighted by Gasteiger charge is 2.12. The molecule has 88 valence electrons. The Morgan fingerprint density at radius 3 is 3.18 bits per heavy atom. The van der Waals surface area contributed by atoms with Crippen molar-refractivity contribution in [1.82, 2.24) is 4.98 Å². The summed E-state index contributed by atoms with van der Waals surface area (Å²) in [7, 11) is 1.64. The van der Waals surface area contributed by atoms with Crippen molar-refractivity contribution in [3.05, 3.63) is 29.1 Å². The third kappa shape index (κ3) is 2.00. The Hall–Kier alpha value is -1.55. The zero-order valence-electron chi connectivity index (χ0n) is 9.60. The van der Waals surface area contributed by atoms with Crippen LogP contribution in [0.3, 0.4) is 0 Å². The van der Waals surface area contributed by atoms with Gasteiger partial charge >= 0.3 is 0 Å². The van der Waals surface area contributed by atoms with Crippen molar-refractivity contribution < 1.29 is 9.47 Å². The SMILES string of the molecule is COc1nc(-c2ccc3c(c2)CCCO3)cs1. The van der Waals surface area contributed by atoms with Crippen molar-refractivity contribution in [3.8, 4) is 22.2 Å². The summed E-state index contributed by atoms with van der Waals surface area (Å²) in [6.45, 7) is 0.830. The van der Waals surface area contributed by atoms with Gasteiger partial charge in [0.05, 0.1) is 19.4 Å². The van der Waals surface area contributed by atoms with Gasteiger partial charge in [0.1, 0.15) is 5.75 Å². The van der Waals surface area contributed by atoms with E-state index >= 15 is 0 Å². The molecule has 1 aromatic carbocycles. The quantitative estimate of drug-likeness (QED) is 0.817. The van der Waals surface area contributed by atoms with Crippen molar-refractivity contribution >= 4 is 11.3 Å². The fourth-order valence-corrected chi connectivity index (χ4v) is 2.65. The van der Waals surface area contributed by atoms with Crippen LogP contribution in [0.1, 0.15) is 12.0 Å². The Kier molecular flexibility index (Phi) is 2.73. The highest BCUT2D eigenvalue weighted by atomic mass is 32.1. The number of thiazole rings is 1. The maximum Gasteiger partial charge on any atom is 0.273 e. The predicted molar refractivity (Wildman–Crippen MR) is 67.9 cm³/mol. The molecule has 1 aromatic heterocycles. The molecule has 0 amide bonds. The Morgan fingerprint density at radius 2 is 2.35 bits per heavy atom. The van der Waals surface area contributed by atoms with Gasteiger partial charge < -0.3 is 9.47 Å². The Bertz CT molecular complexity index is 536. The number of hydrogen-bond donors (Lipinski definition) is 0. The number of hydrogen-bond acceptors (Lipinski definition) is 4. The topological polar surface area (TPSA) is 31.4 Å². The van der Waals surface area contributed by atoms with Crippen molar-refractivity contribution in [2.24, 2.45) is 0 Å². The minimum atomic E-state index is 0.703. The van der Waals surface area contributed by atoms with Crippen LogP contribution >= 0.6 is 11.3 Å². The first-order valence-electron chi connectivity index (χ1n) is 5.62. The lowest BCUT2D eigenvalue weighted by Gasteiger charge is -2.17. The van der Waals surface area contributed by atoms with E-state index in [0.29, 0.717) is 5.19 Å². The first kappa shape index (κ1) is 10.6. The minimum Gasteiger partial charge on any atom is -0.493 e. The molecule has 0 atom stereocenters. The van der Waals surface area contributed by atoms with Crippen LogP contribution in [0.5, 0.6) is 10.9 Å². The smallest absolute Gasteiger partial charge is 0.273 e. The van der Waals surface area contributed by atoms with Crippen molar-refractivity contribution in [1.29, 1.82) is 0 Å². The number of benzene rings is 1. The molecule has 0 saturated heterocycles. The van der Waals surface area contributed by atoms with Crippen LogP contribution in [0, 0.1) is 0 Å². The Labute approximate surface area is 104 Å².